The van der Waals surface area contributed by atoms with Crippen LogP contribution < -0.4 is 9.64 Å². The number of likely N-dealkylation sites (N-methyl/N-ethyl adjacent to an activating group) is 1. The summed E-state index contributed by atoms with van der Waals surface area (Å²) in [5.41, 5.74) is 5.91. The molecule has 0 bridgehead atoms. The molecule has 0 radical (unpaired) electrons. The number of ether oxygens (including phenoxy) is 1. The molecule has 1 saturated carbocycles. The Morgan fingerprint density at radius 3 is 2.85 bits per heavy atom. The Labute approximate surface area is 163 Å². The summed E-state index contributed by atoms with van der Waals surface area (Å²) < 4.78 is 6.04. The van der Waals surface area contributed by atoms with Gasteiger partial charge in [-0.15, -0.1) is 0 Å². The topological polar surface area (TPSA) is 54.0 Å². The van der Waals surface area contributed by atoms with E-state index in [0.29, 0.717) is 16.7 Å². The van der Waals surface area contributed by atoms with Crippen LogP contribution in [0.4, 0.5) is 5.69 Å². The van der Waals surface area contributed by atoms with Gasteiger partial charge in [0.2, 0.25) is 0 Å². The standard InChI is InChI=1S/C21H23ClN4O/c1-26-10-9-13-11-14(7-8-18(13)26)19-16(22)12-17-20(24-19)25-21(23-17)27-15-5-3-2-4-6-15/h7-8,11-12,15H,2-6,9-10H2,1H3,(H,23,24,25). The minimum absolute atomic E-state index is 0.253. The Balaban J connectivity index is 1.47. The van der Waals surface area contributed by atoms with Gasteiger partial charge in [0.25, 0.3) is 6.01 Å². The van der Waals surface area contributed by atoms with Gasteiger partial charge in [-0.1, -0.05) is 24.1 Å². The Hall–Kier alpha value is -2.27. The van der Waals surface area contributed by atoms with Gasteiger partial charge in [-0.2, -0.15) is 4.98 Å². The summed E-state index contributed by atoms with van der Waals surface area (Å²) in [6.45, 7) is 1.06. The maximum Gasteiger partial charge on any atom is 0.296 e. The summed E-state index contributed by atoms with van der Waals surface area (Å²) in [4.78, 5) is 14.8. The predicted octanol–water partition coefficient (Wildman–Crippen LogP) is 4.98. The van der Waals surface area contributed by atoms with Gasteiger partial charge in [-0.25, -0.2) is 4.98 Å². The van der Waals surface area contributed by atoms with Gasteiger partial charge < -0.3 is 14.6 Å². The van der Waals surface area contributed by atoms with Crippen LogP contribution in [0.1, 0.15) is 37.7 Å². The number of aromatic amines is 1. The molecule has 2 aliphatic rings. The molecule has 140 valence electrons. The molecule has 3 aromatic rings. The van der Waals surface area contributed by atoms with Crippen LogP contribution in [-0.4, -0.2) is 34.6 Å². The highest BCUT2D eigenvalue weighted by molar-refractivity contribution is 6.33. The Bertz CT molecular complexity index is 993. The van der Waals surface area contributed by atoms with Gasteiger partial charge in [0.1, 0.15) is 6.10 Å². The minimum Gasteiger partial charge on any atom is -0.461 e. The van der Waals surface area contributed by atoms with Crippen molar-refractivity contribution < 1.29 is 4.74 Å². The highest BCUT2D eigenvalue weighted by Gasteiger charge is 2.20. The highest BCUT2D eigenvalue weighted by Crippen LogP contribution is 2.35. The van der Waals surface area contributed by atoms with Crippen LogP contribution in [0.3, 0.4) is 0 Å². The van der Waals surface area contributed by atoms with Crippen LogP contribution in [0.15, 0.2) is 24.3 Å². The van der Waals surface area contributed by atoms with E-state index in [9.17, 15) is 0 Å². The van der Waals surface area contributed by atoms with Crippen molar-refractivity contribution in [3.05, 3.63) is 34.9 Å². The van der Waals surface area contributed by atoms with E-state index in [1.165, 1.54) is 30.5 Å². The SMILES string of the molecule is CN1CCc2cc(-c3nc4nc(OC5CCCCC5)[nH]c4cc3Cl)ccc21. The predicted molar refractivity (Wildman–Crippen MR) is 109 cm³/mol. The van der Waals surface area contributed by atoms with Gasteiger partial charge in [-0.3, -0.25) is 0 Å². The first-order valence-electron chi connectivity index (χ1n) is 9.75. The van der Waals surface area contributed by atoms with Gasteiger partial charge in [-0.05, 0) is 55.9 Å². The fraction of sp³-hybridized carbons (Fsp3) is 0.429. The van der Waals surface area contributed by atoms with Crippen molar-refractivity contribution in [3.63, 3.8) is 0 Å². The van der Waals surface area contributed by atoms with Crippen LogP contribution in [0.5, 0.6) is 6.01 Å². The molecule has 0 spiro atoms. The van der Waals surface area contributed by atoms with Crippen molar-refractivity contribution in [2.75, 3.05) is 18.5 Å². The van der Waals surface area contributed by atoms with E-state index in [1.54, 1.807) is 0 Å². The summed E-state index contributed by atoms with van der Waals surface area (Å²) in [6, 6.07) is 8.90. The molecule has 0 saturated heterocycles. The number of H-pyrrole nitrogens is 1. The van der Waals surface area contributed by atoms with E-state index in [-0.39, 0.29) is 6.10 Å². The Kier molecular flexibility index (Phi) is 4.20. The maximum absolute atomic E-state index is 6.56. The first kappa shape index (κ1) is 16.9. The molecule has 5 nitrogen and oxygen atoms in total. The van der Waals surface area contributed by atoms with Crippen LogP contribution >= 0.6 is 11.6 Å². The third-order valence-electron chi connectivity index (χ3n) is 5.72. The Morgan fingerprint density at radius 2 is 2.00 bits per heavy atom. The first-order valence-corrected chi connectivity index (χ1v) is 10.1. The van der Waals surface area contributed by atoms with E-state index in [2.05, 4.69) is 40.1 Å². The van der Waals surface area contributed by atoms with Gasteiger partial charge >= 0.3 is 0 Å². The molecule has 3 heterocycles. The summed E-state index contributed by atoms with van der Waals surface area (Å²) >= 11 is 6.56. The number of fused-ring (bicyclic) bond motifs is 2. The average molecular weight is 383 g/mol. The average Bonchev–Trinajstić information content (AvgIpc) is 3.24. The number of nitrogens with zero attached hydrogens (tertiary/aromatic N) is 3. The molecule has 2 aromatic heterocycles. The fourth-order valence-corrected chi connectivity index (χ4v) is 4.47. The van der Waals surface area contributed by atoms with Gasteiger partial charge in [0, 0.05) is 24.8 Å². The lowest BCUT2D eigenvalue weighted by molar-refractivity contribution is 0.143. The third kappa shape index (κ3) is 3.14. The monoisotopic (exact) mass is 382 g/mol. The molecule has 1 aliphatic heterocycles. The second-order valence-electron chi connectivity index (χ2n) is 7.62. The van der Waals surface area contributed by atoms with E-state index >= 15 is 0 Å². The highest BCUT2D eigenvalue weighted by atomic mass is 35.5. The molecule has 1 aliphatic carbocycles. The van der Waals surface area contributed by atoms with Crippen LogP contribution in [0.2, 0.25) is 5.02 Å². The zero-order valence-electron chi connectivity index (χ0n) is 15.5. The lowest BCUT2D eigenvalue weighted by atomic mass is 9.98. The molecule has 5 rings (SSSR count). The lowest BCUT2D eigenvalue weighted by Gasteiger charge is -2.21. The summed E-state index contributed by atoms with van der Waals surface area (Å²) in [7, 11) is 2.13. The largest absolute Gasteiger partial charge is 0.461 e. The van der Waals surface area contributed by atoms with E-state index in [4.69, 9.17) is 21.3 Å². The number of pyridine rings is 1. The van der Waals surface area contributed by atoms with Crippen LogP contribution in [-0.2, 0) is 6.42 Å². The molecule has 27 heavy (non-hydrogen) atoms. The minimum atomic E-state index is 0.253. The third-order valence-corrected chi connectivity index (χ3v) is 6.00. The van der Waals surface area contributed by atoms with Gasteiger partial charge in [0.15, 0.2) is 5.65 Å². The van der Waals surface area contributed by atoms with Crippen molar-refractivity contribution in [1.29, 1.82) is 0 Å². The molecule has 1 aromatic carbocycles. The first-order chi connectivity index (χ1) is 13.2. The summed E-state index contributed by atoms with van der Waals surface area (Å²) in [6.07, 6.45) is 7.26. The summed E-state index contributed by atoms with van der Waals surface area (Å²) in [5, 5.41) is 0.627. The number of halogens is 1. The fourth-order valence-electron chi connectivity index (χ4n) is 4.21. The number of hydrogen-bond donors (Lipinski definition) is 1. The maximum atomic E-state index is 6.56. The van der Waals surface area contributed by atoms with Gasteiger partial charge in [0.05, 0.1) is 16.2 Å². The quantitative estimate of drug-likeness (QED) is 0.693. The molecule has 0 unspecified atom stereocenters. The van der Waals surface area contributed by atoms with Crippen molar-refractivity contribution in [3.8, 4) is 17.3 Å². The smallest absolute Gasteiger partial charge is 0.296 e. The van der Waals surface area contributed by atoms with Crippen molar-refractivity contribution in [1.82, 2.24) is 15.0 Å². The zero-order chi connectivity index (χ0) is 18.4. The summed E-state index contributed by atoms with van der Waals surface area (Å²) in [5.74, 6) is 0. The second-order valence-corrected chi connectivity index (χ2v) is 8.03. The number of rotatable bonds is 3. The van der Waals surface area contributed by atoms with Crippen LogP contribution in [0, 0.1) is 0 Å². The van der Waals surface area contributed by atoms with E-state index < -0.39 is 0 Å². The molecular weight excluding hydrogens is 360 g/mol. The number of imidazole rings is 1. The molecule has 0 atom stereocenters. The number of benzene rings is 1. The van der Waals surface area contributed by atoms with E-state index in [0.717, 1.165) is 42.6 Å². The van der Waals surface area contributed by atoms with Crippen molar-refractivity contribution in [2.24, 2.45) is 0 Å². The second kappa shape index (κ2) is 6.71. The number of anilines is 1. The van der Waals surface area contributed by atoms with Crippen molar-refractivity contribution >= 4 is 28.5 Å². The molecule has 6 heteroatoms. The number of aromatic nitrogens is 3. The van der Waals surface area contributed by atoms with Crippen molar-refractivity contribution in [2.45, 2.75) is 44.6 Å². The number of hydrogen-bond acceptors (Lipinski definition) is 4. The molecule has 0 amide bonds. The van der Waals surface area contributed by atoms with E-state index in [1.807, 2.05) is 6.07 Å². The lowest BCUT2D eigenvalue weighted by Crippen LogP contribution is -2.20. The molecule has 1 fully saturated rings. The zero-order valence-corrected chi connectivity index (χ0v) is 16.2. The van der Waals surface area contributed by atoms with Crippen LogP contribution in [0.25, 0.3) is 22.4 Å². The Morgan fingerprint density at radius 1 is 1.15 bits per heavy atom. The number of nitrogens with one attached hydrogen (secondary N) is 1. The normalized spacial score (nSPS) is 17.5. The molecule has 1 N–H and O–H groups in total. The molecular formula is C21H23ClN4O.